The molecule has 0 aliphatic carbocycles. The topological polar surface area (TPSA) is 50.2 Å². The number of nitrogens with one attached hydrogen (secondary N) is 1. The Bertz CT molecular complexity index is 418. The summed E-state index contributed by atoms with van der Waals surface area (Å²) in [6, 6.07) is -0.281. The quantitative estimate of drug-likeness (QED) is 0.863. The van der Waals surface area contributed by atoms with Crippen molar-refractivity contribution in [1.29, 1.82) is 0 Å². The maximum absolute atomic E-state index is 12.5. The molecule has 0 radical (unpaired) electrons. The Balaban J connectivity index is 2.11. The van der Waals surface area contributed by atoms with Crippen molar-refractivity contribution in [2.45, 2.75) is 19.9 Å². The second-order valence-corrected chi connectivity index (χ2v) is 5.37. The van der Waals surface area contributed by atoms with Gasteiger partial charge in [0.2, 0.25) is 5.91 Å². The standard InChI is InChI=1S/C13H22N4O/c1-9-6-17(7-10(9)2)13(18)12(14-3)11-5-15-16(4)8-11/h5,8-10,12,14H,6-7H2,1-4H3. The lowest BCUT2D eigenvalue weighted by atomic mass is 10.0. The summed E-state index contributed by atoms with van der Waals surface area (Å²) >= 11 is 0. The van der Waals surface area contributed by atoms with E-state index >= 15 is 0 Å². The van der Waals surface area contributed by atoms with Crippen LogP contribution in [0, 0.1) is 11.8 Å². The Morgan fingerprint density at radius 2 is 2.06 bits per heavy atom. The van der Waals surface area contributed by atoms with Gasteiger partial charge in [0, 0.05) is 31.9 Å². The molecule has 1 aromatic rings. The minimum absolute atomic E-state index is 0.154. The molecule has 1 saturated heterocycles. The number of hydrogen-bond acceptors (Lipinski definition) is 3. The highest BCUT2D eigenvalue weighted by atomic mass is 16.2. The van der Waals surface area contributed by atoms with Crippen molar-refractivity contribution in [1.82, 2.24) is 20.0 Å². The number of amides is 1. The molecule has 1 aliphatic rings. The van der Waals surface area contributed by atoms with E-state index in [1.54, 1.807) is 10.9 Å². The molecule has 2 heterocycles. The van der Waals surface area contributed by atoms with Crippen LogP contribution in [0.2, 0.25) is 0 Å². The molecule has 18 heavy (non-hydrogen) atoms. The van der Waals surface area contributed by atoms with E-state index in [1.807, 2.05) is 25.2 Å². The van der Waals surface area contributed by atoms with Gasteiger partial charge in [-0.05, 0) is 18.9 Å². The van der Waals surface area contributed by atoms with Crippen molar-refractivity contribution < 1.29 is 4.79 Å². The summed E-state index contributed by atoms with van der Waals surface area (Å²) in [5.41, 5.74) is 0.928. The summed E-state index contributed by atoms with van der Waals surface area (Å²) in [6.45, 7) is 6.13. The summed E-state index contributed by atoms with van der Waals surface area (Å²) in [5.74, 6) is 1.32. The first kappa shape index (κ1) is 13.1. The third-order valence-electron chi connectivity index (χ3n) is 3.89. The van der Waals surface area contributed by atoms with E-state index in [0.717, 1.165) is 18.7 Å². The molecule has 1 fully saturated rings. The molecule has 0 aromatic carbocycles. The Hall–Kier alpha value is -1.36. The molecule has 3 unspecified atom stereocenters. The molecular formula is C13H22N4O. The highest BCUT2D eigenvalue weighted by Gasteiger charge is 2.33. The first-order valence-corrected chi connectivity index (χ1v) is 6.47. The average molecular weight is 250 g/mol. The van der Waals surface area contributed by atoms with E-state index in [-0.39, 0.29) is 11.9 Å². The van der Waals surface area contributed by atoms with Crippen LogP contribution < -0.4 is 5.32 Å². The SMILES string of the molecule is CNC(C(=O)N1CC(C)C(C)C1)c1cnn(C)c1. The van der Waals surface area contributed by atoms with Gasteiger partial charge in [0.05, 0.1) is 6.20 Å². The van der Waals surface area contributed by atoms with Crippen LogP contribution in [0.3, 0.4) is 0 Å². The van der Waals surface area contributed by atoms with Crippen molar-refractivity contribution in [2.75, 3.05) is 20.1 Å². The van der Waals surface area contributed by atoms with Crippen LogP contribution in [-0.2, 0) is 11.8 Å². The van der Waals surface area contributed by atoms with E-state index in [2.05, 4.69) is 24.3 Å². The Morgan fingerprint density at radius 3 is 2.50 bits per heavy atom. The Kier molecular flexibility index (Phi) is 3.71. The smallest absolute Gasteiger partial charge is 0.244 e. The number of aryl methyl sites for hydroxylation is 1. The fraction of sp³-hybridized carbons (Fsp3) is 0.692. The first-order chi connectivity index (χ1) is 8.52. The summed E-state index contributed by atoms with van der Waals surface area (Å²) in [7, 11) is 3.68. The van der Waals surface area contributed by atoms with Gasteiger partial charge in [0.25, 0.3) is 0 Å². The van der Waals surface area contributed by atoms with Gasteiger partial charge >= 0.3 is 0 Å². The number of carbonyl (C=O) groups excluding carboxylic acids is 1. The number of likely N-dealkylation sites (N-methyl/N-ethyl adjacent to an activating group) is 1. The van der Waals surface area contributed by atoms with Gasteiger partial charge in [-0.15, -0.1) is 0 Å². The number of nitrogens with zero attached hydrogens (tertiary/aromatic N) is 3. The molecule has 0 bridgehead atoms. The largest absolute Gasteiger partial charge is 0.340 e. The molecule has 1 N–H and O–H groups in total. The number of likely N-dealkylation sites (tertiary alicyclic amines) is 1. The lowest BCUT2D eigenvalue weighted by Crippen LogP contribution is -2.38. The van der Waals surface area contributed by atoms with Crippen molar-refractivity contribution in [3.05, 3.63) is 18.0 Å². The van der Waals surface area contributed by atoms with Crippen LogP contribution in [-0.4, -0.2) is 40.7 Å². The molecule has 0 spiro atoms. The Labute approximate surface area is 108 Å². The molecule has 1 amide bonds. The Morgan fingerprint density at radius 1 is 1.44 bits per heavy atom. The fourth-order valence-corrected chi connectivity index (χ4v) is 2.51. The van der Waals surface area contributed by atoms with Crippen molar-refractivity contribution in [2.24, 2.45) is 18.9 Å². The molecule has 0 saturated carbocycles. The maximum atomic E-state index is 12.5. The second-order valence-electron chi connectivity index (χ2n) is 5.37. The van der Waals surface area contributed by atoms with E-state index < -0.39 is 0 Å². The average Bonchev–Trinajstić information content (AvgIpc) is 2.88. The number of hydrogen-bond donors (Lipinski definition) is 1. The zero-order chi connectivity index (χ0) is 13.3. The predicted molar refractivity (Wildman–Crippen MR) is 69.9 cm³/mol. The molecule has 5 nitrogen and oxygen atoms in total. The summed E-state index contributed by atoms with van der Waals surface area (Å²) in [4.78, 5) is 14.5. The molecular weight excluding hydrogens is 228 g/mol. The number of carbonyl (C=O) groups is 1. The van der Waals surface area contributed by atoms with Crippen LogP contribution in [0.25, 0.3) is 0 Å². The minimum Gasteiger partial charge on any atom is -0.340 e. The predicted octanol–water partition coefficient (Wildman–Crippen LogP) is 0.795. The molecule has 100 valence electrons. The lowest BCUT2D eigenvalue weighted by Gasteiger charge is -2.22. The van der Waals surface area contributed by atoms with Gasteiger partial charge in [0.1, 0.15) is 6.04 Å². The lowest BCUT2D eigenvalue weighted by molar-refractivity contribution is -0.132. The third kappa shape index (κ3) is 2.41. The molecule has 1 aromatic heterocycles. The number of rotatable bonds is 3. The van der Waals surface area contributed by atoms with Crippen LogP contribution in [0.1, 0.15) is 25.5 Å². The molecule has 1 aliphatic heterocycles. The zero-order valence-electron chi connectivity index (χ0n) is 11.6. The first-order valence-electron chi connectivity index (χ1n) is 6.47. The van der Waals surface area contributed by atoms with Crippen LogP contribution in [0.5, 0.6) is 0 Å². The number of aromatic nitrogens is 2. The highest BCUT2D eigenvalue weighted by molar-refractivity contribution is 5.83. The third-order valence-corrected chi connectivity index (χ3v) is 3.89. The van der Waals surface area contributed by atoms with Crippen molar-refractivity contribution >= 4 is 5.91 Å². The van der Waals surface area contributed by atoms with Crippen LogP contribution >= 0.6 is 0 Å². The minimum atomic E-state index is -0.281. The van der Waals surface area contributed by atoms with Crippen LogP contribution in [0.4, 0.5) is 0 Å². The van der Waals surface area contributed by atoms with E-state index in [0.29, 0.717) is 11.8 Å². The van der Waals surface area contributed by atoms with Gasteiger partial charge in [0.15, 0.2) is 0 Å². The molecule has 5 heteroatoms. The summed E-state index contributed by atoms with van der Waals surface area (Å²) in [6.07, 6.45) is 3.64. The summed E-state index contributed by atoms with van der Waals surface area (Å²) in [5, 5.41) is 7.22. The van der Waals surface area contributed by atoms with Gasteiger partial charge in [-0.25, -0.2) is 0 Å². The van der Waals surface area contributed by atoms with Crippen molar-refractivity contribution in [3.63, 3.8) is 0 Å². The van der Waals surface area contributed by atoms with Gasteiger partial charge in [-0.3, -0.25) is 9.48 Å². The second kappa shape index (κ2) is 5.10. The van der Waals surface area contributed by atoms with E-state index in [1.165, 1.54) is 0 Å². The summed E-state index contributed by atoms with van der Waals surface area (Å²) < 4.78 is 1.72. The van der Waals surface area contributed by atoms with Gasteiger partial charge in [-0.2, -0.15) is 5.10 Å². The van der Waals surface area contributed by atoms with Gasteiger partial charge in [-0.1, -0.05) is 13.8 Å². The van der Waals surface area contributed by atoms with Gasteiger partial charge < -0.3 is 10.2 Å². The zero-order valence-corrected chi connectivity index (χ0v) is 11.6. The maximum Gasteiger partial charge on any atom is 0.244 e. The molecule has 3 atom stereocenters. The molecule has 2 rings (SSSR count). The van der Waals surface area contributed by atoms with E-state index in [9.17, 15) is 4.79 Å². The highest BCUT2D eigenvalue weighted by Crippen LogP contribution is 2.25. The fourth-order valence-electron chi connectivity index (χ4n) is 2.51. The van der Waals surface area contributed by atoms with E-state index in [4.69, 9.17) is 0 Å². The van der Waals surface area contributed by atoms with Crippen LogP contribution in [0.15, 0.2) is 12.4 Å². The normalized spacial score (nSPS) is 25.4. The monoisotopic (exact) mass is 250 g/mol. The van der Waals surface area contributed by atoms with Crippen molar-refractivity contribution in [3.8, 4) is 0 Å².